The van der Waals surface area contributed by atoms with Crippen LogP contribution in [0.1, 0.15) is 26.4 Å². The zero-order chi connectivity index (χ0) is 17.1. The van der Waals surface area contributed by atoms with Crippen LogP contribution in [-0.2, 0) is 6.42 Å². The smallest absolute Gasteiger partial charge is 0.211 e. The van der Waals surface area contributed by atoms with Crippen molar-refractivity contribution in [1.29, 1.82) is 0 Å². The molecule has 0 fully saturated rings. The van der Waals surface area contributed by atoms with Gasteiger partial charge in [0.25, 0.3) is 0 Å². The Balaban J connectivity index is 1.67. The van der Waals surface area contributed by atoms with Gasteiger partial charge in [0.05, 0.1) is 18.4 Å². The molecule has 1 aliphatic rings. The normalized spacial score (nSPS) is 13.3. The number of phenolic OH excluding ortho intramolecular Hbond substituents is 1. The molecule has 0 amide bonds. The Hall–Kier alpha value is -3.15. The number of aromatic hydroxyl groups is 1. The second-order valence-corrected chi connectivity index (χ2v) is 5.33. The Bertz CT molecular complexity index is 843. The number of benzene rings is 1. The predicted octanol–water partition coefficient (Wildman–Crippen LogP) is 1.89. The molecule has 0 unspecified atom stereocenters. The lowest BCUT2D eigenvalue weighted by Gasteiger charge is -2.15. The summed E-state index contributed by atoms with van der Waals surface area (Å²) < 4.78 is 5.06. The standard InChI is InChI=1S/C18H16N2O4/c1-24-16-9-11(4-5-14(16)21)6-8-19-13-10-15(22)17-12(18(13)23)3-2-7-20-17/h2-5,7,9-10,19,21H,6,8H2,1H3. The number of phenols is 1. The average molecular weight is 324 g/mol. The zero-order valence-electron chi connectivity index (χ0n) is 13.1. The third kappa shape index (κ3) is 2.99. The van der Waals surface area contributed by atoms with Crippen molar-refractivity contribution in [2.75, 3.05) is 13.7 Å². The minimum absolute atomic E-state index is 0.0779. The van der Waals surface area contributed by atoms with Gasteiger partial charge in [-0.05, 0) is 36.2 Å². The topological polar surface area (TPSA) is 88.5 Å². The van der Waals surface area contributed by atoms with Crippen molar-refractivity contribution in [2.24, 2.45) is 0 Å². The number of carbonyl (C=O) groups is 2. The lowest BCUT2D eigenvalue weighted by atomic mass is 9.97. The Kier molecular flexibility index (Phi) is 4.29. The van der Waals surface area contributed by atoms with Crippen LogP contribution in [-0.4, -0.2) is 35.3 Å². The predicted molar refractivity (Wildman–Crippen MR) is 87.3 cm³/mol. The van der Waals surface area contributed by atoms with Crippen molar-refractivity contribution in [2.45, 2.75) is 6.42 Å². The number of pyridine rings is 1. The van der Waals surface area contributed by atoms with Crippen molar-refractivity contribution < 1.29 is 19.4 Å². The molecular formula is C18H16N2O4. The number of allylic oxidation sites excluding steroid dienone is 2. The molecule has 0 atom stereocenters. The molecule has 1 aliphatic carbocycles. The van der Waals surface area contributed by atoms with Gasteiger partial charge >= 0.3 is 0 Å². The molecule has 0 aliphatic heterocycles. The van der Waals surface area contributed by atoms with Gasteiger partial charge in [0.1, 0.15) is 5.69 Å². The van der Waals surface area contributed by atoms with Crippen LogP contribution in [0.5, 0.6) is 11.5 Å². The van der Waals surface area contributed by atoms with Crippen LogP contribution < -0.4 is 10.1 Å². The number of ketones is 2. The van der Waals surface area contributed by atoms with Crippen LogP contribution in [0.25, 0.3) is 0 Å². The molecule has 1 aromatic heterocycles. The van der Waals surface area contributed by atoms with Crippen LogP contribution >= 0.6 is 0 Å². The summed E-state index contributed by atoms with van der Waals surface area (Å²) in [7, 11) is 1.49. The van der Waals surface area contributed by atoms with Crippen LogP contribution in [0.15, 0.2) is 48.3 Å². The molecule has 0 spiro atoms. The first-order valence-electron chi connectivity index (χ1n) is 7.45. The Morgan fingerprint density at radius 2 is 2.08 bits per heavy atom. The first kappa shape index (κ1) is 15.7. The van der Waals surface area contributed by atoms with Crippen LogP contribution in [0, 0.1) is 0 Å². The Morgan fingerprint density at radius 3 is 2.88 bits per heavy atom. The number of rotatable bonds is 5. The van der Waals surface area contributed by atoms with E-state index in [9.17, 15) is 14.7 Å². The van der Waals surface area contributed by atoms with E-state index in [1.54, 1.807) is 30.3 Å². The first-order valence-corrected chi connectivity index (χ1v) is 7.45. The molecule has 1 aromatic carbocycles. The van der Waals surface area contributed by atoms with Crippen molar-refractivity contribution in [3.05, 3.63) is 65.1 Å². The minimum Gasteiger partial charge on any atom is -0.504 e. The van der Waals surface area contributed by atoms with E-state index in [2.05, 4.69) is 10.3 Å². The molecule has 6 nitrogen and oxygen atoms in total. The van der Waals surface area contributed by atoms with Crippen molar-refractivity contribution in [1.82, 2.24) is 10.3 Å². The summed E-state index contributed by atoms with van der Waals surface area (Å²) in [6, 6.07) is 8.31. The summed E-state index contributed by atoms with van der Waals surface area (Å²) >= 11 is 0. The molecule has 6 heteroatoms. The molecule has 0 saturated carbocycles. The van der Waals surface area contributed by atoms with E-state index < -0.39 is 0 Å². The van der Waals surface area contributed by atoms with Gasteiger partial charge in [-0.25, -0.2) is 0 Å². The Labute approximate surface area is 138 Å². The largest absolute Gasteiger partial charge is 0.504 e. The van der Waals surface area contributed by atoms with E-state index in [-0.39, 0.29) is 28.7 Å². The quantitative estimate of drug-likeness (QED) is 0.873. The summed E-state index contributed by atoms with van der Waals surface area (Å²) in [5.41, 5.74) is 1.72. The van der Waals surface area contributed by atoms with Gasteiger partial charge in [0, 0.05) is 18.8 Å². The summed E-state index contributed by atoms with van der Waals surface area (Å²) in [6.45, 7) is 0.467. The molecule has 3 rings (SSSR count). The van der Waals surface area contributed by atoms with E-state index in [0.29, 0.717) is 24.3 Å². The summed E-state index contributed by atoms with van der Waals surface area (Å²) in [5.74, 6) is -0.0373. The van der Waals surface area contributed by atoms with Gasteiger partial charge in [-0.2, -0.15) is 0 Å². The fourth-order valence-electron chi connectivity index (χ4n) is 2.55. The highest BCUT2D eigenvalue weighted by molar-refractivity contribution is 6.23. The second kappa shape index (κ2) is 6.54. The fraction of sp³-hybridized carbons (Fsp3) is 0.167. The minimum atomic E-state index is -0.279. The zero-order valence-corrected chi connectivity index (χ0v) is 13.1. The summed E-state index contributed by atoms with van der Waals surface area (Å²) in [4.78, 5) is 28.4. The first-order chi connectivity index (χ1) is 11.6. The number of hydrogen-bond donors (Lipinski definition) is 2. The van der Waals surface area contributed by atoms with Crippen molar-refractivity contribution in [3.8, 4) is 11.5 Å². The number of hydrogen-bond acceptors (Lipinski definition) is 6. The maximum atomic E-state index is 12.4. The van der Waals surface area contributed by atoms with E-state index in [0.717, 1.165) is 5.56 Å². The van der Waals surface area contributed by atoms with E-state index >= 15 is 0 Å². The molecule has 2 N–H and O–H groups in total. The fourth-order valence-corrected chi connectivity index (χ4v) is 2.55. The Morgan fingerprint density at radius 1 is 1.25 bits per heavy atom. The van der Waals surface area contributed by atoms with Gasteiger partial charge in [0.15, 0.2) is 11.5 Å². The molecule has 0 saturated heterocycles. The maximum Gasteiger partial charge on any atom is 0.211 e. The van der Waals surface area contributed by atoms with Crippen LogP contribution in [0.4, 0.5) is 0 Å². The average Bonchev–Trinajstić information content (AvgIpc) is 2.60. The SMILES string of the molecule is COc1cc(CCNC2=CC(=O)c3ncccc3C2=O)ccc1O. The summed E-state index contributed by atoms with van der Waals surface area (Å²) in [6.07, 6.45) is 3.39. The number of Topliss-reactive ketones (excluding diaryl/α,β-unsaturated/α-hetero) is 1. The number of carbonyl (C=O) groups excluding carboxylic acids is 2. The number of methoxy groups -OCH3 is 1. The number of fused-ring (bicyclic) bond motifs is 1. The highest BCUT2D eigenvalue weighted by Crippen LogP contribution is 2.26. The lowest BCUT2D eigenvalue weighted by molar-refractivity contribution is 0.0975. The molecule has 0 bridgehead atoms. The van der Waals surface area contributed by atoms with E-state index in [1.807, 2.05) is 0 Å². The summed E-state index contributed by atoms with van der Waals surface area (Å²) in [5, 5.41) is 12.6. The van der Waals surface area contributed by atoms with Gasteiger partial charge in [-0.3, -0.25) is 14.6 Å². The number of nitrogens with one attached hydrogen (secondary N) is 1. The highest BCUT2D eigenvalue weighted by Gasteiger charge is 2.26. The molecule has 1 heterocycles. The number of ether oxygens (including phenoxy) is 1. The molecule has 122 valence electrons. The van der Waals surface area contributed by atoms with E-state index in [4.69, 9.17) is 4.74 Å². The van der Waals surface area contributed by atoms with Gasteiger partial charge < -0.3 is 15.2 Å². The van der Waals surface area contributed by atoms with Gasteiger partial charge in [-0.1, -0.05) is 6.07 Å². The molecular weight excluding hydrogens is 308 g/mol. The molecule has 24 heavy (non-hydrogen) atoms. The van der Waals surface area contributed by atoms with Crippen LogP contribution in [0.2, 0.25) is 0 Å². The molecule has 2 aromatic rings. The van der Waals surface area contributed by atoms with Crippen molar-refractivity contribution >= 4 is 11.6 Å². The highest BCUT2D eigenvalue weighted by atomic mass is 16.5. The molecule has 0 radical (unpaired) electrons. The monoisotopic (exact) mass is 324 g/mol. The number of nitrogens with zero attached hydrogens (tertiary/aromatic N) is 1. The second-order valence-electron chi connectivity index (χ2n) is 5.33. The van der Waals surface area contributed by atoms with Gasteiger partial charge in [-0.15, -0.1) is 0 Å². The third-order valence-electron chi connectivity index (χ3n) is 3.78. The van der Waals surface area contributed by atoms with Crippen molar-refractivity contribution in [3.63, 3.8) is 0 Å². The van der Waals surface area contributed by atoms with Gasteiger partial charge in [0.2, 0.25) is 11.6 Å². The lowest BCUT2D eigenvalue weighted by Crippen LogP contribution is -2.28. The van der Waals surface area contributed by atoms with Crippen LogP contribution in [0.3, 0.4) is 0 Å². The third-order valence-corrected chi connectivity index (χ3v) is 3.78. The van der Waals surface area contributed by atoms with E-state index in [1.165, 1.54) is 19.4 Å². The number of aromatic nitrogens is 1. The maximum absolute atomic E-state index is 12.4.